The molecule has 5 aromatic carbocycles. The number of nitrogen functional groups attached to an aromatic ring is 1. The zero-order valence-corrected chi connectivity index (χ0v) is 28.6. The molecule has 0 fully saturated rings. The van der Waals surface area contributed by atoms with E-state index in [1.54, 1.807) is 0 Å². The summed E-state index contributed by atoms with van der Waals surface area (Å²) in [6, 6.07) is 37.1. The number of aryl methyl sites for hydroxylation is 3. The van der Waals surface area contributed by atoms with Gasteiger partial charge in [-0.3, -0.25) is 10.2 Å². The largest absolute Gasteiger partial charge is 0.384 e. The molecule has 49 heavy (non-hydrogen) atoms. The van der Waals surface area contributed by atoms with E-state index in [4.69, 9.17) is 16.1 Å². The topological polar surface area (TPSA) is 103 Å². The molecule has 0 aliphatic carbocycles. The van der Waals surface area contributed by atoms with E-state index in [0.29, 0.717) is 13.1 Å². The Balaban J connectivity index is 1.22. The Hall–Kier alpha value is -5.47. The lowest BCUT2D eigenvalue weighted by Crippen LogP contribution is -2.37. The van der Waals surface area contributed by atoms with Crippen LogP contribution >= 0.6 is 0 Å². The van der Waals surface area contributed by atoms with Gasteiger partial charge in [-0.2, -0.15) is 0 Å². The number of benzene rings is 5. The van der Waals surface area contributed by atoms with E-state index in [-0.39, 0.29) is 18.3 Å². The summed E-state index contributed by atoms with van der Waals surface area (Å²) in [6.07, 6.45) is 1.58. The Labute approximate surface area is 288 Å². The lowest BCUT2D eigenvalue weighted by atomic mass is 10.0. The van der Waals surface area contributed by atoms with Crippen LogP contribution in [0.25, 0.3) is 21.8 Å². The summed E-state index contributed by atoms with van der Waals surface area (Å²) in [4.78, 5) is 23.3. The highest BCUT2D eigenvalue weighted by Gasteiger charge is 2.19. The molecular weight excluding hydrogens is 606 g/mol. The molecule has 0 aliphatic heterocycles. The summed E-state index contributed by atoms with van der Waals surface area (Å²) in [7, 11) is 2.04. The van der Waals surface area contributed by atoms with Crippen molar-refractivity contribution in [3.8, 4) is 0 Å². The number of carbonyl (C=O) groups is 1. The van der Waals surface area contributed by atoms with Gasteiger partial charge in [0.15, 0.2) is 0 Å². The fourth-order valence-electron chi connectivity index (χ4n) is 6.48. The second kappa shape index (κ2) is 15.2. The number of amidine groups is 1. The first-order valence-electron chi connectivity index (χ1n) is 17.0. The summed E-state index contributed by atoms with van der Waals surface area (Å²) in [6.45, 7) is 7.53. The van der Waals surface area contributed by atoms with Gasteiger partial charge in [-0.05, 0) is 78.1 Å². The van der Waals surface area contributed by atoms with Crippen molar-refractivity contribution >= 4 is 44.9 Å². The second-order valence-corrected chi connectivity index (χ2v) is 12.4. The Morgan fingerprint density at radius 1 is 0.837 bits per heavy atom. The monoisotopic (exact) mass is 651 g/mol. The molecule has 6 aromatic rings. The molecule has 8 nitrogen and oxygen atoms in total. The van der Waals surface area contributed by atoms with E-state index in [0.717, 1.165) is 81.5 Å². The SMILES string of the molecule is CCN(CC)c1ccc(CNCC(=O)N(Cc2cccc3ccccc23)c2ccc3c(c2)nc(CCc2ccc(C(=N)N)cc2)n3C)cc1. The Morgan fingerprint density at radius 2 is 1.53 bits per heavy atom. The van der Waals surface area contributed by atoms with Gasteiger partial charge < -0.3 is 25.4 Å². The van der Waals surface area contributed by atoms with Crippen LogP contribution in [-0.4, -0.2) is 40.9 Å². The van der Waals surface area contributed by atoms with Crippen LogP contribution in [0.1, 0.15) is 41.9 Å². The highest BCUT2D eigenvalue weighted by molar-refractivity contribution is 5.97. The maximum Gasteiger partial charge on any atom is 0.241 e. The Kier molecular flexibility index (Phi) is 10.4. The fraction of sp³-hybridized carbons (Fsp3) is 0.244. The third-order valence-electron chi connectivity index (χ3n) is 9.35. The van der Waals surface area contributed by atoms with Crippen molar-refractivity contribution < 1.29 is 4.79 Å². The quantitative estimate of drug-likeness (QED) is 0.0873. The number of hydrogen-bond acceptors (Lipinski definition) is 5. The van der Waals surface area contributed by atoms with E-state index in [1.807, 2.05) is 60.5 Å². The van der Waals surface area contributed by atoms with Crippen molar-refractivity contribution in [2.45, 2.75) is 39.8 Å². The number of aromatic nitrogens is 2. The van der Waals surface area contributed by atoms with Crippen LogP contribution in [0.2, 0.25) is 0 Å². The first kappa shape index (κ1) is 33.4. The number of fused-ring (bicyclic) bond motifs is 2. The molecule has 1 aromatic heterocycles. The molecule has 0 atom stereocenters. The second-order valence-electron chi connectivity index (χ2n) is 12.4. The van der Waals surface area contributed by atoms with E-state index < -0.39 is 0 Å². The average Bonchev–Trinajstić information content (AvgIpc) is 3.45. The fourth-order valence-corrected chi connectivity index (χ4v) is 6.48. The molecule has 0 spiro atoms. The van der Waals surface area contributed by atoms with Crippen LogP contribution in [0, 0.1) is 5.41 Å². The van der Waals surface area contributed by atoms with Gasteiger partial charge in [0, 0.05) is 50.0 Å². The molecule has 0 bridgehead atoms. The number of imidazole rings is 1. The third kappa shape index (κ3) is 7.66. The van der Waals surface area contributed by atoms with Crippen molar-refractivity contribution in [3.05, 3.63) is 137 Å². The maximum absolute atomic E-state index is 14.0. The number of nitrogens with zero attached hydrogens (tertiary/aromatic N) is 4. The van der Waals surface area contributed by atoms with Crippen molar-refractivity contribution in [1.82, 2.24) is 14.9 Å². The van der Waals surface area contributed by atoms with Crippen LogP contribution in [-0.2, 0) is 37.8 Å². The molecule has 0 saturated carbocycles. The summed E-state index contributed by atoms with van der Waals surface area (Å²) < 4.78 is 2.13. The zero-order chi connectivity index (χ0) is 34.3. The maximum atomic E-state index is 14.0. The van der Waals surface area contributed by atoms with Gasteiger partial charge in [0.2, 0.25) is 5.91 Å². The molecule has 6 rings (SSSR count). The van der Waals surface area contributed by atoms with Gasteiger partial charge in [0.25, 0.3) is 0 Å². The van der Waals surface area contributed by atoms with Crippen molar-refractivity contribution in [2.75, 3.05) is 29.4 Å². The van der Waals surface area contributed by atoms with Gasteiger partial charge >= 0.3 is 0 Å². The molecule has 0 radical (unpaired) electrons. The van der Waals surface area contributed by atoms with Crippen LogP contribution in [0.4, 0.5) is 11.4 Å². The highest BCUT2D eigenvalue weighted by Crippen LogP contribution is 2.27. The normalized spacial score (nSPS) is 11.2. The number of nitrogens with two attached hydrogens (primary N) is 1. The van der Waals surface area contributed by atoms with Gasteiger partial charge in [0.1, 0.15) is 11.7 Å². The Morgan fingerprint density at radius 3 is 2.27 bits per heavy atom. The number of hydrogen-bond donors (Lipinski definition) is 3. The summed E-state index contributed by atoms with van der Waals surface area (Å²) in [5, 5.41) is 13.3. The van der Waals surface area contributed by atoms with Gasteiger partial charge in [-0.15, -0.1) is 0 Å². The summed E-state index contributed by atoms with van der Waals surface area (Å²) in [5.41, 5.74) is 13.7. The van der Waals surface area contributed by atoms with Crippen molar-refractivity contribution in [1.29, 1.82) is 5.41 Å². The Bertz CT molecular complexity index is 2060. The zero-order valence-electron chi connectivity index (χ0n) is 28.6. The van der Waals surface area contributed by atoms with E-state index >= 15 is 0 Å². The molecule has 1 amide bonds. The number of carbonyl (C=O) groups excluding carboxylic acids is 1. The minimum absolute atomic E-state index is 0.00259. The number of nitrogens with one attached hydrogen (secondary N) is 2. The predicted molar refractivity (Wildman–Crippen MR) is 202 cm³/mol. The molecule has 0 saturated heterocycles. The standard InChI is InChI=1S/C41H45N7O/c1-4-47(5-2)34-20-15-30(16-21-34)26-44-27-40(49)48(28-33-11-8-10-31-9-6-7-12-36(31)33)35-22-23-38-37(25-35)45-39(46(38)3)24-17-29-13-18-32(19-14-29)41(42)43/h6-16,18-23,25,44H,4-5,17,24,26-28H2,1-3H3,(H3,42,43). The molecule has 250 valence electrons. The minimum Gasteiger partial charge on any atom is -0.384 e. The third-order valence-corrected chi connectivity index (χ3v) is 9.35. The first-order valence-corrected chi connectivity index (χ1v) is 17.0. The summed E-state index contributed by atoms with van der Waals surface area (Å²) in [5.74, 6) is 1.04. The summed E-state index contributed by atoms with van der Waals surface area (Å²) >= 11 is 0. The molecular formula is C41H45N7O. The average molecular weight is 652 g/mol. The van der Waals surface area contributed by atoms with Crippen LogP contribution in [0.15, 0.2) is 109 Å². The van der Waals surface area contributed by atoms with Crippen molar-refractivity contribution in [3.63, 3.8) is 0 Å². The lowest BCUT2D eigenvalue weighted by Gasteiger charge is -2.24. The van der Waals surface area contributed by atoms with E-state index in [1.165, 1.54) is 5.69 Å². The van der Waals surface area contributed by atoms with Crippen molar-refractivity contribution in [2.24, 2.45) is 12.8 Å². The molecule has 0 aliphatic rings. The number of anilines is 2. The highest BCUT2D eigenvalue weighted by atomic mass is 16.2. The van der Waals surface area contributed by atoms with E-state index in [9.17, 15) is 4.79 Å². The molecule has 8 heteroatoms. The molecule has 4 N–H and O–H groups in total. The van der Waals surface area contributed by atoms with Crippen LogP contribution in [0.3, 0.4) is 0 Å². The minimum atomic E-state index is -0.00259. The smallest absolute Gasteiger partial charge is 0.241 e. The van der Waals surface area contributed by atoms with E-state index in [2.05, 4.69) is 89.3 Å². The molecule has 1 heterocycles. The van der Waals surface area contributed by atoms with Crippen LogP contribution in [0.5, 0.6) is 0 Å². The predicted octanol–water partition coefficient (Wildman–Crippen LogP) is 6.96. The molecule has 0 unspecified atom stereocenters. The van der Waals surface area contributed by atoms with Gasteiger partial charge in [-0.1, -0.05) is 78.9 Å². The first-order chi connectivity index (χ1) is 23.8. The number of amides is 1. The number of rotatable bonds is 14. The van der Waals surface area contributed by atoms with Crippen LogP contribution < -0.4 is 20.9 Å². The lowest BCUT2D eigenvalue weighted by molar-refractivity contribution is -0.118. The van der Waals surface area contributed by atoms with Gasteiger partial charge in [-0.25, -0.2) is 4.98 Å². The van der Waals surface area contributed by atoms with Gasteiger partial charge in [0.05, 0.1) is 24.1 Å².